The molecule has 0 amide bonds. The van der Waals surface area contributed by atoms with Crippen LogP contribution in [0, 0.1) is 0 Å². The average molecular weight is 244 g/mol. The molecule has 0 spiro atoms. The molecule has 0 aliphatic heterocycles. The molecule has 0 saturated heterocycles. The van der Waals surface area contributed by atoms with Gasteiger partial charge in [-0.15, -0.1) is 0 Å². The van der Waals surface area contributed by atoms with E-state index in [1.807, 2.05) is 26.8 Å². The summed E-state index contributed by atoms with van der Waals surface area (Å²) in [7, 11) is 0. The molecule has 0 aromatic carbocycles. The highest BCUT2D eigenvalue weighted by Gasteiger charge is 2.08. The fourth-order valence-electron chi connectivity index (χ4n) is 1.32. The van der Waals surface area contributed by atoms with Gasteiger partial charge in [0.2, 0.25) is 0 Å². The van der Waals surface area contributed by atoms with Gasteiger partial charge >= 0.3 is 0 Å². The van der Waals surface area contributed by atoms with Crippen LogP contribution < -0.4 is 5.32 Å². The normalized spacial score (nSPS) is 13.8. The van der Waals surface area contributed by atoms with Crippen LogP contribution in [0.1, 0.15) is 27.7 Å². The highest BCUT2D eigenvalue weighted by molar-refractivity contribution is 5.49. The number of allylic oxidation sites excluding steroid dienone is 4. The Hall–Kier alpha value is -1.83. The van der Waals surface area contributed by atoms with Crippen LogP contribution in [0.4, 0.5) is 0 Å². The minimum atomic E-state index is 0.754. The third kappa shape index (κ3) is 4.58. The largest absolute Gasteiger partial charge is 0.379 e. The van der Waals surface area contributed by atoms with Crippen molar-refractivity contribution in [3.63, 3.8) is 0 Å². The molecule has 1 N–H and O–H groups in total. The van der Waals surface area contributed by atoms with Crippen molar-refractivity contribution in [3.8, 4) is 0 Å². The molecule has 0 fully saturated rings. The Labute approximate surface area is 111 Å². The lowest BCUT2D eigenvalue weighted by molar-refractivity contribution is 0.860. The fourth-order valence-corrected chi connectivity index (χ4v) is 1.32. The highest BCUT2D eigenvalue weighted by atomic mass is 14.9. The molecule has 0 aliphatic carbocycles. The van der Waals surface area contributed by atoms with Gasteiger partial charge in [0.25, 0.3) is 0 Å². The summed E-state index contributed by atoms with van der Waals surface area (Å²) < 4.78 is 0. The molecule has 18 heavy (non-hydrogen) atoms. The molecule has 0 unspecified atom stereocenters. The number of aliphatic imine (C=N–C) groups is 1. The molecule has 2 heteroatoms. The van der Waals surface area contributed by atoms with Gasteiger partial charge in [-0.1, -0.05) is 37.0 Å². The van der Waals surface area contributed by atoms with E-state index in [0.717, 1.165) is 29.1 Å². The van der Waals surface area contributed by atoms with Crippen LogP contribution in [-0.2, 0) is 0 Å². The summed E-state index contributed by atoms with van der Waals surface area (Å²) in [6, 6.07) is 0. The van der Waals surface area contributed by atoms with E-state index in [1.165, 1.54) is 5.57 Å². The van der Waals surface area contributed by atoms with Gasteiger partial charge in [-0.2, -0.15) is 0 Å². The van der Waals surface area contributed by atoms with Crippen molar-refractivity contribution in [2.45, 2.75) is 27.7 Å². The first-order chi connectivity index (χ1) is 8.51. The first-order valence-electron chi connectivity index (χ1n) is 6.03. The number of rotatable bonds is 7. The van der Waals surface area contributed by atoms with Crippen molar-refractivity contribution in [3.05, 3.63) is 59.5 Å². The van der Waals surface area contributed by atoms with E-state index in [0.29, 0.717) is 0 Å². The Morgan fingerprint density at radius 1 is 1.22 bits per heavy atom. The van der Waals surface area contributed by atoms with Gasteiger partial charge < -0.3 is 5.32 Å². The number of hydrogen-bond acceptors (Lipinski definition) is 2. The Bertz CT molecular complexity index is 420. The maximum absolute atomic E-state index is 4.07. The fraction of sp³-hybridized carbons (Fsp3) is 0.312. The lowest BCUT2D eigenvalue weighted by Gasteiger charge is -2.15. The molecular weight excluding hydrogens is 220 g/mol. The molecule has 2 nitrogen and oxygen atoms in total. The molecule has 0 aromatic rings. The van der Waals surface area contributed by atoms with E-state index in [-0.39, 0.29) is 0 Å². The van der Waals surface area contributed by atoms with Gasteiger partial charge in [0.05, 0.1) is 11.4 Å². The Morgan fingerprint density at radius 2 is 1.83 bits per heavy atom. The molecular formula is C16H24N2. The van der Waals surface area contributed by atoms with Crippen LogP contribution in [0.15, 0.2) is 64.5 Å². The number of nitrogens with one attached hydrogen (secondary N) is 1. The average Bonchev–Trinajstić information content (AvgIpc) is 2.41. The lowest BCUT2D eigenvalue weighted by Crippen LogP contribution is -2.18. The first kappa shape index (κ1) is 16.2. The summed E-state index contributed by atoms with van der Waals surface area (Å²) >= 11 is 0. The zero-order valence-electron chi connectivity index (χ0n) is 12.0. The molecule has 0 radical (unpaired) electrons. The first-order valence-corrected chi connectivity index (χ1v) is 6.03. The zero-order valence-corrected chi connectivity index (χ0v) is 12.0. The van der Waals surface area contributed by atoms with E-state index in [4.69, 9.17) is 0 Å². The molecule has 0 rings (SSSR count). The third-order valence-corrected chi connectivity index (χ3v) is 2.81. The molecule has 0 heterocycles. The van der Waals surface area contributed by atoms with E-state index in [1.54, 1.807) is 6.08 Å². The van der Waals surface area contributed by atoms with Gasteiger partial charge in [0, 0.05) is 6.54 Å². The second kappa shape index (κ2) is 8.29. The Morgan fingerprint density at radius 3 is 2.22 bits per heavy atom. The molecule has 0 saturated carbocycles. The standard InChI is InChI=1S/C16H24N2/c1-8-12(4)11-18-16(14(6)10-3)15(17-7)13(5)9-2/h8-10,18H,2,5,7,11H2,1,3-4,6H3/b12-8+,14-10+,16-15-. The van der Waals surface area contributed by atoms with Crippen LogP contribution >= 0.6 is 0 Å². The minimum Gasteiger partial charge on any atom is -0.379 e. The van der Waals surface area contributed by atoms with Crippen molar-refractivity contribution in [1.82, 2.24) is 5.32 Å². The van der Waals surface area contributed by atoms with Crippen molar-refractivity contribution < 1.29 is 0 Å². The molecule has 0 bridgehead atoms. The van der Waals surface area contributed by atoms with Crippen LogP contribution in [-0.4, -0.2) is 13.3 Å². The van der Waals surface area contributed by atoms with E-state index in [9.17, 15) is 0 Å². The molecule has 98 valence electrons. The Kier molecular flexibility index (Phi) is 7.45. The predicted octanol–water partition coefficient (Wildman–Crippen LogP) is 4.16. The van der Waals surface area contributed by atoms with Crippen molar-refractivity contribution in [2.24, 2.45) is 4.99 Å². The van der Waals surface area contributed by atoms with Gasteiger partial charge in [-0.05, 0) is 45.6 Å². The topological polar surface area (TPSA) is 24.4 Å². The van der Waals surface area contributed by atoms with Crippen LogP contribution in [0.25, 0.3) is 0 Å². The van der Waals surface area contributed by atoms with Gasteiger partial charge in [-0.3, -0.25) is 4.99 Å². The SMILES string of the molecule is C=CC(=C)/C(N=C)=C(NC/C(C)=C/C)\C(C)=C\C. The van der Waals surface area contributed by atoms with E-state index < -0.39 is 0 Å². The quantitative estimate of drug-likeness (QED) is 0.406. The minimum absolute atomic E-state index is 0.754. The summed E-state index contributed by atoms with van der Waals surface area (Å²) in [4.78, 5) is 4.07. The van der Waals surface area contributed by atoms with Gasteiger partial charge in [0.1, 0.15) is 0 Å². The van der Waals surface area contributed by atoms with Crippen LogP contribution in [0.3, 0.4) is 0 Å². The zero-order chi connectivity index (χ0) is 14.1. The summed E-state index contributed by atoms with van der Waals surface area (Å²) in [6.07, 6.45) is 5.81. The van der Waals surface area contributed by atoms with Crippen LogP contribution in [0.2, 0.25) is 0 Å². The van der Waals surface area contributed by atoms with Gasteiger partial charge in [0.15, 0.2) is 0 Å². The molecule has 0 aliphatic rings. The summed E-state index contributed by atoms with van der Waals surface area (Å²) in [5.74, 6) is 0. The third-order valence-electron chi connectivity index (χ3n) is 2.81. The summed E-state index contributed by atoms with van der Waals surface area (Å²) in [5.41, 5.74) is 4.86. The van der Waals surface area contributed by atoms with Crippen molar-refractivity contribution in [2.75, 3.05) is 6.54 Å². The van der Waals surface area contributed by atoms with Gasteiger partial charge in [-0.25, -0.2) is 0 Å². The van der Waals surface area contributed by atoms with E-state index in [2.05, 4.69) is 43.2 Å². The predicted molar refractivity (Wildman–Crippen MR) is 82.8 cm³/mol. The van der Waals surface area contributed by atoms with Crippen LogP contribution in [0.5, 0.6) is 0 Å². The molecule has 0 atom stereocenters. The van der Waals surface area contributed by atoms with Crippen molar-refractivity contribution >= 4 is 6.72 Å². The maximum Gasteiger partial charge on any atom is 0.0922 e. The Balaban J connectivity index is 5.45. The monoisotopic (exact) mass is 244 g/mol. The summed E-state index contributed by atoms with van der Waals surface area (Å²) in [6.45, 7) is 20.2. The second-order valence-corrected chi connectivity index (χ2v) is 4.07. The second-order valence-electron chi connectivity index (χ2n) is 4.07. The maximum atomic E-state index is 4.07. The summed E-state index contributed by atoms with van der Waals surface area (Å²) in [5, 5.41) is 3.39. The number of nitrogens with zero attached hydrogens (tertiary/aromatic N) is 1. The molecule has 0 aromatic heterocycles. The highest BCUT2D eigenvalue weighted by Crippen LogP contribution is 2.19. The lowest BCUT2D eigenvalue weighted by atomic mass is 10.1. The van der Waals surface area contributed by atoms with Crippen molar-refractivity contribution in [1.29, 1.82) is 0 Å². The smallest absolute Gasteiger partial charge is 0.0922 e. The van der Waals surface area contributed by atoms with E-state index >= 15 is 0 Å². The number of hydrogen-bond donors (Lipinski definition) is 1.